The van der Waals surface area contributed by atoms with Crippen LogP contribution >= 0.6 is 0 Å². The minimum absolute atomic E-state index is 0.0775. The molecule has 1 aliphatic heterocycles. The van der Waals surface area contributed by atoms with Crippen molar-refractivity contribution in [3.05, 3.63) is 85.9 Å². The molecule has 196 valence electrons. The van der Waals surface area contributed by atoms with Crippen LogP contribution < -0.4 is 16.4 Å². The predicted molar refractivity (Wildman–Crippen MR) is 145 cm³/mol. The van der Waals surface area contributed by atoms with Gasteiger partial charge >= 0.3 is 0 Å². The lowest BCUT2D eigenvalue weighted by atomic mass is 9.86. The van der Waals surface area contributed by atoms with Gasteiger partial charge in [0.25, 0.3) is 17.1 Å². The van der Waals surface area contributed by atoms with Crippen LogP contribution in [0, 0.1) is 12.7 Å². The van der Waals surface area contributed by atoms with Gasteiger partial charge < -0.3 is 20.1 Å². The molecule has 0 unspecified atom stereocenters. The number of halogens is 1. The van der Waals surface area contributed by atoms with E-state index in [1.54, 1.807) is 37.3 Å². The number of aryl methyl sites for hydroxylation is 1. The summed E-state index contributed by atoms with van der Waals surface area (Å²) in [7, 11) is 0. The van der Waals surface area contributed by atoms with Crippen molar-refractivity contribution >= 4 is 22.5 Å². The van der Waals surface area contributed by atoms with Crippen LogP contribution in [0.25, 0.3) is 27.6 Å². The van der Waals surface area contributed by atoms with Crippen LogP contribution in [0.5, 0.6) is 0 Å². The smallest absolute Gasteiger partial charge is 0.289 e. The molecule has 0 saturated carbocycles. The molecule has 1 aliphatic rings. The Morgan fingerprint density at radius 3 is 2.66 bits per heavy atom. The van der Waals surface area contributed by atoms with Gasteiger partial charge in [0.05, 0.1) is 30.4 Å². The highest BCUT2D eigenvalue weighted by Crippen LogP contribution is 2.31. The monoisotopic (exact) mass is 517 g/mol. The van der Waals surface area contributed by atoms with E-state index >= 15 is 4.39 Å². The number of rotatable bonds is 4. The first-order valence-electron chi connectivity index (χ1n) is 12.2. The first-order chi connectivity index (χ1) is 18.1. The summed E-state index contributed by atoms with van der Waals surface area (Å²) in [6, 6.07) is 10.2. The molecule has 0 fully saturated rings. The average Bonchev–Trinajstić information content (AvgIpc) is 3.38. The molecule has 0 radical (unpaired) electrons. The Morgan fingerprint density at radius 2 is 1.97 bits per heavy atom. The van der Waals surface area contributed by atoms with E-state index in [0.717, 1.165) is 10.2 Å². The van der Waals surface area contributed by atoms with Gasteiger partial charge in [-0.05, 0) is 47.7 Å². The van der Waals surface area contributed by atoms with E-state index in [2.05, 4.69) is 20.4 Å². The molecule has 0 amide bonds. The molecule has 0 aliphatic carbocycles. The van der Waals surface area contributed by atoms with Gasteiger partial charge in [-0.25, -0.2) is 9.38 Å². The lowest BCUT2D eigenvalue weighted by molar-refractivity contribution is 0.282. The second-order valence-corrected chi connectivity index (χ2v) is 10.2. The summed E-state index contributed by atoms with van der Waals surface area (Å²) in [6.07, 6.45) is 1.46. The zero-order chi connectivity index (χ0) is 27.2. The molecular weight excluding hydrogens is 489 g/mol. The minimum atomic E-state index is -0.635. The van der Waals surface area contributed by atoms with Crippen LogP contribution in [0.15, 0.2) is 57.2 Å². The number of hydrogen-bond acceptors (Lipinski definition) is 7. The predicted octanol–water partition coefficient (Wildman–Crippen LogP) is 3.78. The van der Waals surface area contributed by atoms with Gasteiger partial charge in [0.15, 0.2) is 0 Å². The van der Waals surface area contributed by atoms with Gasteiger partial charge in [-0.1, -0.05) is 32.9 Å². The van der Waals surface area contributed by atoms with E-state index in [1.807, 2.05) is 20.8 Å². The second-order valence-electron chi connectivity index (χ2n) is 10.2. The molecule has 4 aromatic rings. The molecule has 0 saturated heterocycles. The van der Waals surface area contributed by atoms with E-state index in [1.165, 1.54) is 12.3 Å². The van der Waals surface area contributed by atoms with Crippen molar-refractivity contribution in [3.63, 3.8) is 0 Å². The number of ether oxygens (including phenoxy) is 1. The topological polar surface area (TPSA) is 122 Å². The quantitative estimate of drug-likeness (QED) is 0.379. The van der Waals surface area contributed by atoms with Crippen molar-refractivity contribution in [2.75, 3.05) is 18.5 Å². The van der Waals surface area contributed by atoms with Gasteiger partial charge in [0, 0.05) is 22.2 Å². The van der Waals surface area contributed by atoms with Gasteiger partial charge in [0.2, 0.25) is 0 Å². The Morgan fingerprint density at radius 1 is 1.18 bits per heavy atom. The number of aromatic amines is 1. The lowest BCUT2D eigenvalue weighted by Gasteiger charge is -2.20. The van der Waals surface area contributed by atoms with Gasteiger partial charge in [-0.15, -0.1) is 0 Å². The summed E-state index contributed by atoms with van der Waals surface area (Å²) in [6.45, 7) is 8.14. The van der Waals surface area contributed by atoms with E-state index in [-0.39, 0.29) is 28.1 Å². The molecular formula is C28H28FN5O4. The molecule has 3 heterocycles. The molecule has 0 spiro atoms. The molecule has 2 aromatic carbocycles. The number of pyridine rings is 1. The summed E-state index contributed by atoms with van der Waals surface area (Å²) in [5.41, 5.74) is 2.13. The summed E-state index contributed by atoms with van der Waals surface area (Å²) in [5, 5.41) is 18.0. The number of hydrogen-bond donors (Lipinski definition) is 3. The fourth-order valence-electron chi connectivity index (χ4n) is 4.55. The first-order valence-corrected chi connectivity index (χ1v) is 12.2. The number of benzene rings is 2. The van der Waals surface area contributed by atoms with Crippen LogP contribution in [-0.2, 0) is 16.8 Å². The highest BCUT2D eigenvalue weighted by atomic mass is 19.1. The largest absolute Gasteiger partial charge is 0.463 e. The maximum absolute atomic E-state index is 15.2. The van der Waals surface area contributed by atoms with Gasteiger partial charge in [0.1, 0.15) is 18.1 Å². The minimum Gasteiger partial charge on any atom is -0.463 e. The fourth-order valence-corrected chi connectivity index (χ4v) is 4.55. The van der Waals surface area contributed by atoms with E-state index in [9.17, 15) is 14.7 Å². The summed E-state index contributed by atoms with van der Waals surface area (Å²) in [5.74, 6) is -0.625. The number of aromatic nitrogens is 3. The maximum atomic E-state index is 15.2. The third-order valence-corrected chi connectivity index (χ3v) is 6.60. The van der Waals surface area contributed by atoms with Crippen molar-refractivity contribution in [2.45, 2.75) is 39.7 Å². The molecule has 10 heteroatoms. The van der Waals surface area contributed by atoms with Crippen LogP contribution in [0.1, 0.15) is 37.6 Å². The Balaban J connectivity index is 1.67. The van der Waals surface area contributed by atoms with E-state index in [4.69, 9.17) is 4.74 Å². The van der Waals surface area contributed by atoms with Crippen LogP contribution in [0.4, 0.5) is 10.1 Å². The van der Waals surface area contributed by atoms with E-state index in [0.29, 0.717) is 46.6 Å². The zero-order valence-corrected chi connectivity index (χ0v) is 21.6. The normalized spacial score (nSPS) is 13.5. The number of aliphatic imine (C=N–C) groups is 1. The number of aliphatic hydroxyl groups excluding tert-OH is 1. The molecule has 0 bridgehead atoms. The molecule has 2 aromatic heterocycles. The van der Waals surface area contributed by atoms with Crippen molar-refractivity contribution in [3.8, 4) is 16.8 Å². The Hall–Kier alpha value is -4.31. The molecule has 9 nitrogen and oxygen atoms in total. The van der Waals surface area contributed by atoms with Crippen LogP contribution in [0.3, 0.4) is 0 Å². The third-order valence-electron chi connectivity index (χ3n) is 6.60. The molecule has 3 N–H and O–H groups in total. The first kappa shape index (κ1) is 25.3. The molecule has 0 atom stereocenters. The summed E-state index contributed by atoms with van der Waals surface area (Å²) in [4.78, 5) is 33.0. The van der Waals surface area contributed by atoms with Crippen molar-refractivity contribution in [1.29, 1.82) is 0 Å². The van der Waals surface area contributed by atoms with Crippen LogP contribution in [-0.4, -0.2) is 39.0 Å². The highest BCUT2D eigenvalue weighted by molar-refractivity contribution is 5.91. The second kappa shape index (κ2) is 9.53. The van der Waals surface area contributed by atoms with Crippen molar-refractivity contribution in [1.82, 2.24) is 14.8 Å². The average molecular weight is 518 g/mol. The van der Waals surface area contributed by atoms with Crippen molar-refractivity contribution in [2.24, 2.45) is 4.99 Å². The number of fused-ring (bicyclic) bond motifs is 1. The standard InChI is InChI=1S/C28H28FN5O4/c1-15-19(12-22(25(36)32-15)33-27-30-8-9-38-27)18-6-5-7-23(20(18)14-35)34-26(37)24-16(13-31-34)10-17(11-21(24)29)28(2,3)4/h5-7,10-13,35H,8-9,14H2,1-4H3,(H,30,33)(H,32,36). The number of H-pyrrole nitrogens is 1. The number of anilines is 1. The Kier molecular flexibility index (Phi) is 6.36. The van der Waals surface area contributed by atoms with Crippen molar-refractivity contribution < 1.29 is 14.2 Å². The third kappa shape index (κ3) is 4.47. The molecule has 5 rings (SSSR count). The van der Waals surface area contributed by atoms with E-state index < -0.39 is 18.0 Å². The SMILES string of the molecule is Cc1[nH]c(=O)c(NC2=NCCO2)cc1-c1cccc(-n2ncc3cc(C(C)(C)C)cc(F)c3c2=O)c1CO. The van der Waals surface area contributed by atoms with Gasteiger partial charge in [-0.3, -0.25) is 9.59 Å². The van der Waals surface area contributed by atoms with Gasteiger partial charge in [-0.2, -0.15) is 9.78 Å². The molecule has 38 heavy (non-hydrogen) atoms. The fraction of sp³-hybridized carbons (Fsp3) is 0.286. The number of nitrogens with one attached hydrogen (secondary N) is 2. The number of amidine groups is 1. The van der Waals surface area contributed by atoms with Crippen LogP contribution in [0.2, 0.25) is 0 Å². The Labute approximate surface area is 217 Å². The maximum Gasteiger partial charge on any atom is 0.289 e. The lowest BCUT2D eigenvalue weighted by Crippen LogP contribution is -2.24. The summed E-state index contributed by atoms with van der Waals surface area (Å²) >= 11 is 0. The number of aliphatic hydroxyl groups is 1. The Bertz CT molecular complexity index is 1720. The number of nitrogens with zero attached hydrogens (tertiary/aromatic N) is 3. The zero-order valence-electron chi connectivity index (χ0n) is 21.6. The summed E-state index contributed by atoms with van der Waals surface area (Å²) < 4.78 is 21.7. The highest BCUT2D eigenvalue weighted by Gasteiger charge is 2.21.